The summed E-state index contributed by atoms with van der Waals surface area (Å²) >= 11 is 5.45. The molecule has 58 valence electrons. The third-order valence-corrected chi connectivity index (χ3v) is 1.02. The zero-order valence-corrected chi connectivity index (χ0v) is 6.08. The first-order valence-electron chi connectivity index (χ1n) is 2.63. The fourth-order valence-electron chi connectivity index (χ4n) is 0.476. The van der Waals surface area contributed by atoms with Gasteiger partial charge in [0.15, 0.2) is 0 Å². The molecule has 0 spiro atoms. The topological polar surface area (TPSA) is 78.1 Å². The summed E-state index contributed by atoms with van der Waals surface area (Å²) in [7, 11) is 0. The number of nitrogens with zero attached hydrogens (tertiary/aromatic N) is 2. The first-order valence-corrected chi connectivity index (χ1v) is 3.01. The second-order valence-corrected chi connectivity index (χ2v) is 1.99. The molecule has 0 saturated carbocycles. The highest BCUT2D eigenvalue weighted by molar-refractivity contribution is 6.29. The Labute approximate surface area is 67.2 Å². The van der Waals surface area contributed by atoms with Gasteiger partial charge < -0.3 is 10.5 Å². The van der Waals surface area contributed by atoms with Crippen molar-refractivity contribution >= 4 is 17.7 Å². The van der Waals surface area contributed by atoms with Crippen LogP contribution in [0.5, 0.6) is 5.88 Å². The van der Waals surface area contributed by atoms with Crippen molar-refractivity contribution in [2.75, 3.05) is 0 Å². The van der Waals surface area contributed by atoms with E-state index >= 15 is 0 Å². The summed E-state index contributed by atoms with van der Waals surface area (Å²) in [6.07, 6.45) is 0.236. The molecule has 6 heteroatoms. The van der Waals surface area contributed by atoms with E-state index in [4.69, 9.17) is 17.3 Å². The highest BCUT2D eigenvalue weighted by Crippen LogP contribution is 2.10. The van der Waals surface area contributed by atoms with Crippen LogP contribution in [0.3, 0.4) is 0 Å². The molecular weight excluding hydrogens is 170 g/mol. The van der Waals surface area contributed by atoms with E-state index in [1.807, 2.05) is 0 Å². The minimum absolute atomic E-state index is 0.0394. The fraction of sp³-hybridized carbons (Fsp3) is 0. The summed E-state index contributed by atoms with van der Waals surface area (Å²) in [6.45, 7) is 0. The maximum Gasteiger partial charge on any atom is 0.411 e. The molecule has 0 bridgehead atoms. The van der Waals surface area contributed by atoms with Crippen LogP contribution in [0.1, 0.15) is 0 Å². The van der Waals surface area contributed by atoms with Crippen molar-refractivity contribution in [3.8, 4) is 5.88 Å². The van der Waals surface area contributed by atoms with Crippen molar-refractivity contribution in [3.63, 3.8) is 0 Å². The van der Waals surface area contributed by atoms with Crippen molar-refractivity contribution in [3.05, 3.63) is 17.5 Å². The molecular formula is C5H4ClN3O2. The third-order valence-electron chi connectivity index (χ3n) is 0.814. The number of aromatic nitrogens is 2. The molecule has 0 aromatic carbocycles. The van der Waals surface area contributed by atoms with Crippen molar-refractivity contribution in [2.24, 2.45) is 5.73 Å². The smallest absolute Gasteiger partial charge is 0.391 e. The predicted molar refractivity (Wildman–Crippen MR) is 37.3 cm³/mol. The zero-order valence-electron chi connectivity index (χ0n) is 5.32. The number of carbonyl (C=O) groups excluding carboxylic acids is 1. The number of halogens is 1. The van der Waals surface area contributed by atoms with E-state index < -0.39 is 6.09 Å². The van der Waals surface area contributed by atoms with Gasteiger partial charge in [-0.1, -0.05) is 11.6 Å². The SMILES string of the molecule is NC(=O)Oc1cc(Cl)ncn1. The number of carbonyl (C=O) groups is 1. The molecule has 1 aromatic rings. The normalized spacial score (nSPS) is 9.18. The number of rotatable bonds is 1. The van der Waals surface area contributed by atoms with Gasteiger partial charge in [-0.15, -0.1) is 0 Å². The standard InChI is InChI=1S/C5H4ClN3O2/c6-3-1-4(9-2-8-3)11-5(7)10/h1-2H,(H2,7,10). The minimum atomic E-state index is -0.931. The van der Waals surface area contributed by atoms with Gasteiger partial charge in [-0.2, -0.15) is 0 Å². The fourth-order valence-corrected chi connectivity index (χ4v) is 0.613. The van der Waals surface area contributed by atoms with Crippen molar-refractivity contribution in [2.45, 2.75) is 0 Å². The van der Waals surface area contributed by atoms with Gasteiger partial charge in [0.2, 0.25) is 5.88 Å². The summed E-state index contributed by atoms with van der Waals surface area (Å²) in [5.74, 6) is 0.0394. The number of nitrogens with two attached hydrogens (primary N) is 1. The first-order chi connectivity index (χ1) is 5.18. The summed E-state index contributed by atoms with van der Waals surface area (Å²) < 4.78 is 4.40. The molecule has 0 radical (unpaired) electrons. The summed E-state index contributed by atoms with van der Waals surface area (Å²) in [5.41, 5.74) is 4.71. The Kier molecular flexibility index (Phi) is 2.22. The Morgan fingerprint density at radius 1 is 1.64 bits per heavy atom. The number of amides is 1. The van der Waals surface area contributed by atoms with Gasteiger partial charge in [-0.05, 0) is 0 Å². The molecule has 11 heavy (non-hydrogen) atoms. The van der Waals surface area contributed by atoms with Crippen LogP contribution >= 0.6 is 11.6 Å². The Balaban J connectivity index is 2.79. The molecule has 0 aliphatic heterocycles. The highest BCUT2D eigenvalue weighted by atomic mass is 35.5. The summed E-state index contributed by atoms with van der Waals surface area (Å²) in [4.78, 5) is 17.3. The maximum absolute atomic E-state index is 10.2. The van der Waals surface area contributed by atoms with Crippen LogP contribution in [0.15, 0.2) is 12.4 Å². The Hall–Kier alpha value is -1.36. The minimum Gasteiger partial charge on any atom is -0.391 e. The lowest BCUT2D eigenvalue weighted by molar-refractivity contribution is 0.209. The molecule has 2 N–H and O–H groups in total. The van der Waals surface area contributed by atoms with Gasteiger partial charge in [-0.3, -0.25) is 0 Å². The Morgan fingerprint density at radius 2 is 2.36 bits per heavy atom. The third kappa shape index (κ3) is 2.38. The second kappa shape index (κ2) is 3.16. The average Bonchev–Trinajstić information content (AvgIpc) is 1.85. The highest BCUT2D eigenvalue weighted by Gasteiger charge is 1.99. The number of hydrogen-bond donors (Lipinski definition) is 1. The van der Waals surface area contributed by atoms with Gasteiger partial charge >= 0.3 is 6.09 Å². The number of hydrogen-bond acceptors (Lipinski definition) is 4. The summed E-state index contributed by atoms with van der Waals surface area (Å²) in [5, 5.41) is 0.191. The van der Waals surface area contributed by atoms with Crippen LogP contribution in [0.25, 0.3) is 0 Å². The van der Waals surface area contributed by atoms with Crippen LogP contribution < -0.4 is 10.5 Å². The maximum atomic E-state index is 10.2. The van der Waals surface area contributed by atoms with Crippen LogP contribution in [0.4, 0.5) is 4.79 Å². The Bertz CT molecular complexity index is 278. The predicted octanol–water partition coefficient (Wildman–Crippen LogP) is 0.588. The lowest BCUT2D eigenvalue weighted by Crippen LogP contribution is -2.16. The number of primary amides is 1. The largest absolute Gasteiger partial charge is 0.411 e. The molecule has 1 aromatic heterocycles. The van der Waals surface area contributed by atoms with Crippen LogP contribution in [0.2, 0.25) is 5.15 Å². The van der Waals surface area contributed by atoms with E-state index in [1.165, 1.54) is 12.4 Å². The zero-order chi connectivity index (χ0) is 8.27. The van der Waals surface area contributed by atoms with Crippen LogP contribution in [-0.4, -0.2) is 16.1 Å². The molecule has 5 nitrogen and oxygen atoms in total. The lowest BCUT2D eigenvalue weighted by Gasteiger charge is -1.96. The van der Waals surface area contributed by atoms with Gasteiger partial charge in [-0.25, -0.2) is 14.8 Å². The lowest BCUT2D eigenvalue weighted by atomic mass is 10.6. The van der Waals surface area contributed by atoms with E-state index in [9.17, 15) is 4.79 Å². The average molecular weight is 174 g/mol. The molecule has 0 fully saturated rings. The van der Waals surface area contributed by atoms with E-state index in [2.05, 4.69) is 14.7 Å². The van der Waals surface area contributed by atoms with E-state index in [0.29, 0.717) is 0 Å². The summed E-state index contributed by atoms with van der Waals surface area (Å²) in [6, 6.07) is 1.28. The quantitative estimate of drug-likeness (QED) is 0.631. The van der Waals surface area contributed by atoms with Gasteiger partial charge in [0.05, 0.1) is 0 Å². The molecule has 1 rings (SSSR count). The molecule has 0 atom stereocenters. The molecule has 1 amide bonds. The van der Waals surface area contributed by atoms with Crippen molar-refractivity contribution < 1.29 is 9.53 Å². The van der Waals surface area contributed by atoms with Gasteiger partial charge in [0.25, 0.3) is 0 Å². The number of ether oxygens (including phenoxy) is 1. The molecule has 1 heterocycles. The van der Waals surface area contributed by atoms with Crippen LogP contribution in [-0.2, 0) is 0 Å². The van der Waals surface area contributed by atoms with E-state index in [-0.39, 0.29) is 11.0 Å². The first kappa shape index (κ1) is 7.74. The van der Waals surface area contributed by atoms with Gasteiger partial charge in [0, 0.05) is 6.07 Å². The van der Waals surface area contributed by atoms with Crippen molar-refractivity contribution in [1.29, 1.82) is 0 Å². The molecule has 0 aliphatic carbocycles. The van der Waals surface area contributed by atoms with E-state index in [1.54, 1.807) is 0 Å². The molecule has 0 aliphatic rings. The molecule has 0 saturated heterocycles. The van der Waals surface area contributed by atoms with Crippen LogP contribution in [0, 0.1) is 0 Å². The van der Waals surface area contributed by atoms with E-state index in [0.717, 1.165) is 0 Å². The van der Waals surface area contributed by atoms with Crippen molar-refractivity contribution in [1.82, 2.24) is 9.97 Å². The molecule has 0 unspecified atom stereocenters. The van der Waals surface area contributed by atoms with Gasteiger partial charge in [0.1, 0.15) is 11.5 Å². The second-order valence-electron chi connectivity index (χ2n) is 1.60. The Morgan fingerprint density at radius 3 is 2.91 bits per heavy atom. The monoisotopic (exact) mass is 173 g/mol.